The van der Waals surface area contributed by atoms with Gasteiger partial charge in [0.1, 0.15) is 0 Å². The van der Waals surface area contributed by atoms with Crippen LogP contribution in [0.2, 0.25) is 0 Å². The summed E-state index contributed by atoms with van der Waals surface area (Å²) in [7, 11) is 0. The Hall–Kier alpha value is -0.570. The van der Waals surface area contributed by atoms with Gasteiger partial charge in [0.05, 0.1) is 0 Å². The summed E-state index contributed by atoms with van der Waals surface area (Å²) in [6, 6.07) is 0. The first-order chi connectivity index (χ1) is 6.15. The molecule has 0 saturated heterocycles. The van der Waals surface area contributed by atoms with Gasteiger partial charge in [0, 0.05) is 16.0 Å². The van der Waals surface area contributed by atoms with E-state index in [4.69, 9.17) is 9.22 Å². The zero-order chi connectivity index (χ0) is 11.5. The number of carbonyl (C=O) groups is 1. The van der Waals surface area contributed by atoms with Crippen molar-refractivity contribution < 1.29 is 14.0 Å². The molecule has 66 valence electrons. The minimum atomic E-state index is -1.58. The average molecular weight is 162 g/mol. The lowest BCUT2D eigenvalue weighted by Gasteiger charge is -2.19. The van der Waals surface area contributed by atoms with E-state index in [9.17, 15) is 4.79 Å². The molecule has 3 heteroatoms. The highest BCUT2D eigenvalue weighted by molar-refractivity contribution is 5.66. The van der Waals surface area contributed by atoms with E-state index in [0.29, 0.717) is 0 Å². The quantitative estimate of drug-likeness (QED) is 0.654. The number of aliphatic carboxylic acids is 1. The van der Waals surface area contributed by atoms with Crippen molar-refractivity contribution in [2.75, 3.05) is 6.52 Å². The summed E-state index contributed by atoms with van der Waals surface area (Å²) in [5, 5.41) is 11.2. The van der Waals surface area contributed by atoms with Crippen molar-refractivity contribution >= 4 is 5.97 Å². The highest BCUT2D eigenvalue weighted by Gasteiger charge is 2.07. The molecule has 0 fully saturated rings. The van der Waals surface area contributed by atoms with Gasteiger partial charge >= 0.3 is 5.97 Å². The second kappa shape index (κ2) is 4.34. The minimum Gasteiger partial charge on any atom is -0.481 e. The molecular formula is C8H17NO2. The third-order valence-corrected chi connectivity index (χ3v) is 0.851. The maximum Gasteiger partial charge on any atom is 0.303 e. The molecular weight excluding hydrogens is 142 g/mol. The van der Waals surface area contributed by atoms with Gasteiger partial charge in [-0.25, -0.2) is 0 Å². The lowest BCUT2D eigenvalue weighted by Crippen LogP contribution is -2.36. The Balaban J connectivity index is 4.25. The molecule has 0 radical (unpaired) electrons. The number of rotatable bonds is 4. The van der Waals surface area contributed by atoms with Crippen LogP contribution in [0.4, 0.5) is 0 Å². The topological polar surface area (TPSA) is 49.3 Å². The minimum absolute atomic E-state index is 0.357. The number of hydrogen-bond acceptors (Lipinski definition) is 2. The largest absolute Gasteiger partial charge is 0.481 e. The van der Waals surface area contributed by atoms with Gasteiger partial charge in [-0.1, -0.05) is 0 Å². The van der Waals surface area contributed by atoms with Crippen LogP contribution < -0.4 is 5.32 Å². The molecule has 0 bridgehead atoms. The lowest BCUT2D eigenvalue weighted by atomic mass is 10.1. The van der Waals surface area contributed by atoms with Crippen LogP contribution in [0.1, 0.15) is 37.7 Å². The second-order valence-corrected chi connectivity index (χ2v) is 3.26. The Bertz CT molecular complexity index is 205. The average Bonchev–Trinajstić information content (AvgIpc) is 1.98. The van der Waals surface area contributed by atoms with Crippen molar-refractivity contribution in [1.82, 2.24) is 5.32 Å². The van der Waals surface area contributed by atoms with Gasteiger partial charge in [-0.15, -0.1) is 0 Å². The Morgan fingerprint density at radius 2 is 2.18 bits per heavy atom. The fraction of sp³-hybridized carbons (Fsp3) is 0.875. The molecule has 0 heterocycles. The summed E-state index contributed by atoms with van der Waals surface area (Å²) in [4.78, 5) is 10.4. The highest BCUT2D eigenvalue weighted by atomic mass is 16.4. The first-order valence-corrected chi connectivity index (χ1v) is 3.42. The fourth-order valence-corrected chi connectivity index (χ4v) is 0.429. The van der Waals surface area contributed by atoms with E-state index in [1.807, 2.05) is 20.8 Å². The molecule has 0 aliphatic heterocycles. The third-order valence-electron chi connectivity index (χ3n) is 0.851. The SMILES string of the molecule is [2H]C(NC(C)(C)C)C([2H])C([2H])C(=O)O. The van der Waals surface area contributed by atoms with Crippen molar-refractivity contribution in [2.24, 2.45) is 0 Å². The zero-order valence-corrected chi connectivity index (χ0v) is 7.09. The summed E-state index contributed by atoms with van der Waals surface area (Å²) in [5.74, 6) is -1.36. The molecule has 3 nitrogen and oxygen atoms in total. The first kappa shape index (κ1) is 6.00. The van der Waals surface area contributed by atoms with Crippen LogP contribution in [0.25, 0.3) is 0 Å². The van der Waals surface area contributed by atoms with E-state index in [0.717, 1.165) is 0 Å². The molecule has 0 rings (SSSR count). The summed E-state index contributed by atoms with van der Waals surface area (Å²) in [6.07, 6.45) is -2.86. The summed E-state index contributed by atoms with van der Waals surface area (Å²) in [5.41, 5.74) is -0.357. The predicted octanol–water partition coefficient (Wildman–Crippen LogP) is 1.24. The van der Waals surface area contributed by atoms with Gasteiger partial charge < -0.3 is 10.4 Å². The van der Waals surface area contributed by atoms with Gasteiger partial charge in [0.2, 0.25) is 0 Å². The van der Waals surface area contributed by atoms with E-state index in [-0.39, 0.29) is 5.54 Å². The van der Waals surface area contributed by atoms with Gasteiger partial charge in [0.25, 0.3) is 0 Å². The monoisotopic (exact) mass is 162 g/mol. The van der Waals surface area contributed by atoms with Crippen LogP contribution in [0.3, 0.4) is 0 Å². The molecule has 3 unspecified atom stereocenters. The van der Waals surface area contributed by atoms with Crippen molar-refractivity contribution in [1.29, 1.82) is 0 Å². The summed E-state index contributed by atoms with van der Waals surface area (Å²) >= 11 is 0. The van der Waals surface area contributed by atoms with Crippen molar-refractivity contribution in [3.63, 3.8) is 0 Å². The molecule has 2 N–H and O–H groups in total. The van der Waals surface area contributed by atoms with Crippen molar-refractivity contribution in [3.8, 4) is 0 Å². The number of hydrogen-bond donors (Lipinski definition) is 2. The Morgan fingerprint density at radius 3 is 2.55 bits per heavy atom. The number of nitrogens with one attached hydrogen (secondary N) is 1. The van der Waals surface area contributed by atoms with E-state index in [1.165, 1.54) is 0 Å². The Labute approximate surface area is 72.0 Å². The van der Waals surface area contributed by atoms with Crippen LogP contribution in [-0.2, 0) is 4.79 Å². The molecule has 0 spiro atoms. The van der Waals surface area contributed by atoms with Crippen LogP contribution in [-0.4, -0.2) is 23.1 Å². The smallest absolute Gasteiger partial charge is 0.303 e. The number of carboxylic acids is 1. The Morgan fingerprint density at radius 1 is 1.64 bits per heavy atom. The predicted molar refractivity (Wildman–Crippen MR) is 44.6 cm³/mol. The van der Waals surface area contributed by atoms with Gasteiger partial charge in [-0.3, -0.25) is 4.79 Å². The summed E-state index contributed by atoms with van der Waals surface area (Å²) in [6.45, 7) is 4.40. The lowest BCUT2D eigenvalue weighted by molar-refractivity contribution is -0.137. The van der Waals surface area contributed by atoms with Gasteiger partial charge in [-0.05, 0) is 33.7 Å². The van der Waals surface area contributed by atoms with Crippen molar-refractivity contribution in [2.45, 2.75) is 39.1 Å². The fourth-order valence-electron chi connectivity index (χ4n) is 0.429. The van der Waals surface area contributed by atoms with Crippen LogP contribution in [0.5, 0.6) is 0 Å². The van der Waals surface area contributed by atoms with Crippen LogP contribution >= 0.6 is 0 Å². The van der Waals surface area contributed by atoms with Crippen molar-refractivity contribution in [3.05, 3.63) is 0 Å². The number of carboxylic acid groups (broad SMARTS) is 1. The molecule has 0 saturated carbocycles. The van der Waals surface area contributed by atoms with E-state index in [2.05, 4.69) is 5.32 Å². The van der Waals surface area contributed by atoms with E-state index in [1.54, 1.807) is 0 Å². The maximum absolute atomic E-state index is 10.4. The molecule has 0 amide bonds. The van der Waals surface area contributed by atoms with Crippen LogP contribution in [0, 0.1) is 0 Å². The molecule has 3 atom stereocenters. The normalized spacial score (nSPS) is 24.1. The third kappa shape index (κ3) is 9.43. The highest BCUT2D eigenvalue weighted by Crippen LogP contribution is 1.98. The van der Waals surface area contributed by atoms with Gasteiger partial charge in [-0.2, -0.15) is 0 Å². The molecule has 0 aromatic carbocycles. The van der Waals surface area contributed by atoms with Gasteiger partial charge in [0.15, 0.2) is 0 Å². The Kier molecular flexibility index (Phi) is 2.37. The standard InChI is InChI=1S/C8H17NO2/c1-8(2,3)9-6-4-5-7(10)11/h9H,4-6H2,1-3H3,(H,10,11)/i4D,5D,6D. The first-order valence-electron chi connectivity index (χ1n) is 5.15. The van der Waals surface area contributed by atoms with Crippen LogP contribution in [0.15, 0.2) is 0 Å². The van der Waals surface area contributed by atoms with E-state index < -0.39 is 25.3 Å². The maximum atomic E-state index is 10.4. The molecule has 11 heavy (non-hydrogen) atoms. The van der Waals surface area contributed by atoms with E-state index >= 15 is 0 Å². The second-order valence-electron chi connectivity index (χ2n) is 3.26. The summed E-state index contributed by atoms with van der Waals surface area (Å²) < 4.78 is 22.0. The zero-order valence-electron chi connectivity index (χ0n) is 10.1. The molecule has 0 aliphatic rings. The molecule has 0 aromatic rings. The molecule has 0 aliphatic carbocycles. The molecule has 0 aromatic heterocycles.